The summed E-state index contributed by atoms with van der Waals surface area (Å²) >= 11 is 1.60. The first-order chi connectivity index (χ1) is 4.66. The average molecular weight is 160 g/mol. The van der Waals surface area contributed by atoms with E-state index in [1.54, 1.807) is 11.8 Å². The molecule has 0 radical (unpaired) electrons. The van der Waals surface area contributed by atoms with Crippen LogP contribution in [0.1, 0.15) is 20.8 Å². The lowest BCUT2D eigenvalue weighted by atomic mass is 10.2. The molecule has 3 heteroatoms. The standard InChI is InChI=1S/C7H16N2S/c1-4-10-7(8)9-5-6(2)3/h6H,4-5H2,1-3H3,(H2,8,9). The predicted octanol–water partition coefficient (Wildman–Crippen LogP) is 1.71. The van der Waals surface area contributed by atoms with Crippen LogP contribution in [-0.2, 0) is 0 Å². The second-order valence-corrected chi connectivity index (χ2v) is 3.79. The highest BCUT2D eigenvalue weighted by Gasteiger charge is 1.92. The zero-order chi connectivity index (χ0) is 7.98. The molecular weight excluding hydrogens is 144 g/mol. The van der Waals surface area contributed by atoms with Gasteiger partial charge in [-0.3, -0.25) is 4.99 Å². The van der Waals surface area contributed by atoms with E-state index in [4.69, 9.17) is 5.73 Å². The maximum atomic E-state index is 5.55. The van der Waals surface area contributed by atoms with Gasteiger partial charge in [-0.15, -0.1) is 0 Å². The molecule has 0 rings (SSSR count). The van der Waals surface area contributed by atoms with E-state index in [9.17, 15) is 0 Å². The third-order valence-electron chi connectivity index (χ3n) is 0.904. The first-order valence-corrected chi connectivity index (χ1v) is 4.58. The molecule has 0 spiro atoms. The van der Waals surface area contributed by atoms with Gasteiger partial charge in [0, 0.05) is 6.54 Å². The van der Waals surface area contributed by atoms with Crippen molar-refractivity contribution in [3.8, 4) is 0 Å². The van der Waals surface area contributed by atoms with Crippen molar-refractivity contribution in [3.05, 3.63) is 0 Å². The molecule has 0 aromatic rings. The van der Waals surface area contributed by atoms with Crippen molar-refractivity contribution < 1.29 is 0 Å². The third kappa shape index (κ3) is 5.95. The van der Waals surface area contributed by atoms with E-state index < -0.39 is 0 Å². The Morgan fingerprint density at radius 1 is 1.60 bits per heavy atom. The van der Waals surface area contributed by atoms with Crippen LogP contribution in [0.15, 0.2) is 4.99 Å². The van der Waals surface area contributed by atoms with Gasteiger partial charge in [0.1, 0.15) is 0 Å². The molecule has 2 nitrogen and oxygen atoms in total. The summed E-state index contributed by atoms with van der Waals surface area (Å²) in [6.45, 7) is 7.18. The first-order valence-electron chi connectivity index (χ1n) is 3.59. The maximum Gasteiger partial charge on any atom is 0.153 e. The van der Waals surface area contributed by atoms with Crippen LogP contribution >= 0.6 is 11.8 Å². The monoisotopic (exact) mass is 160 g/mol. The summed E-state index contributed by atoms with van der Waals surface area (Å²) in [6.07, 6.45) is 0. The molecule has 0 aliphatic carbocycles. The SMILES string of the molecule is CCSC(N)=NCC(C)C. The molecule has 0 bridgehead atoms. The quantitative estimate of drug-likeness (QED) is 0.504. The molecule has 0 aliphatic heterocycles. The molecule has 0 fully saturated rings. The Kier molecular flexibility index (Phi) is 5.49. The van der Waals surface area contributed by atoms with Crippen LogP contribution in [0.2, 0.25) is 0 Å². The first kappa shape index (κ1) is 9.82. The van der Waals surface area contributed by atoms with Crippen molar-refractivity contribution in [2.75, 3.05) is 12.3 Å². The zero-order valence-electron chi connectivity index (χ0n) is 6.92. The van der Waals surface area contributed by atoms with Gasteiger partial charge in [0.25, 0.3) is 0 Å². The number of aliphatic imine (C=N–C) groups is 1. The topological polar surface area (TPSA) is 38.4 Å². The van der Waals surface area contributed by atoms with Gasteiger partial charge in [0.2, 0.25) is 0 Å². The number of nitrogens with two attached hydrogens (primary N) is 1. The molecule has 0 aromatic heterocycles. The third-order valence-corrected chi connectivity index (χ3v) is 1.62. The van der Waals surface area contributed by atoms with Crippen LogP contribution in [0.25, 0.3) is 0 Å². The Balaban J connectivity index is 3.47. The highest BCUT2D eigenvalue weighted by molar-refractivity contribution is 8.13. The summed E-state index contributed by atoms with van der Waals surface area (Å²) in [5, 5.41) is 0.719. The van der Waals surface area contributed by atoms with Crippen LogP contribution in [0.4, 0.5) is 0 Å². The lowest BCUT2D eigenvalue weighted by molar-refractivity contribution is 0.666. The average Bonchev–Trinajstić information content (AvgIpc) is 1.85. The van der Waals surface area contributed by atoms with Crippen molar-refractivity contribution in [2.45, 2.75) is 20.8 Å². The van der Waals surface area contributed by atoms with Gasteiger partial charge in [0.05, 0.1) is 0 Å². The Hall–Kier alpha value is -0.180. The molecule has 0 aliphatic rings. The van der Waals surface area contributed by atoms with Crippen LogP contribution in [0.5, 0.6) is 0 Å². The minimum Gasteiger partial charge on any atom is -0.379 e. The minimum atomic E-state index is 0.607. The van der Waals surface area contributed by atoms with Gasteiger partial charge < -0.3 is 5.73 Å². The molecule has 0 atom stereocenters. The molecule has 0 saturated carbocycles. The lowest BCUT2D eigenvalue weighted by Crippen LogP contribution is -2.09. The van der Waals surface area contributed by atoms with E-state index in [1.165, 1.54) is 0 Å². The number of rotatable bonds is 3. The van der Waals surface area contributed by atoms with Gasteiger partial charge in [-0.2, -0.15) is 0 Å². The molecule has 2 N–H and O–H groups in total. The van der Waals surface area contributed by atoms with Gasteiger partial charge >= 0.3 is 0 Å². The zero-order valence-corrected chi connectivity index (χ0v) is 7.74. The number of hydrogen-bond acceptors (Lipinski definition) is 2. The number of hydrogen-bond donors (Lipinski definition) is 1. The van der Waals surface area contributed by atoms with Gasteiger partial charge in [-0.25, -0.2) is 0 Å². The van der Waals surface area contributed by atoms with Crippen molar-refractivity contribution in [2.24, 2.45) is 16.6 Å². The van der Waals surface area contributed by atoms with Crippen LogP contribution in [0.3, 0.4) is 0 Å². The number of thioether (sulfide) groups is 1. The predicted molar refractivity (Wildman–Crippen MR) is 49.5 cm³/mol. The molecule has 10 heavy (non-hydrogen) atoms. The maximum absolute atomic E-state index is 5.55. The largest absolute Gasteiger partial charge is 0.379 e. The Morgan fingerprint density at radius 3 is 2.60 bits per heavy atom. The van der Waals surface area contributed by atoms with Crippen LogP contribution < -0.4 is 5.73 Å². The summed E-state index contributed by atoms with van der Waals surface area (Å²) in [4.78, 5) is 4.17. The highest BCUT2D eigenvalue weighted by Crippen LogP contribution is 1.99. The van der Waals surface area contributed by atoms with E-state index in [0.717, 1.165) is 17.5 Å². The summed E-state index contributed by atoms with van der Waals surface area (Å²) in [6, 6.07) is 0. The van der Waals surface area contributed by atoms with Crippen LogP contribution in [-0.4, -0.2) is 17.5 Å². The van der Waals surface area contributed by atoms with Gasteiger partial charge in [-0.1, -0.05) is 32.5 Å². The summed E-state index contributed by atoms with van der Waals surface area (Å²) in [7, 11) is 0. The molecule has 0 saturated heterocycles. The second-order valence-electron chi connectivity index (χ2n) is 2.51. The Labute approximate surface area is 67.3 Å². The molecule has 0 unspecified atom stereocenters. The molecular formula is C7H16N2S. The van der Waals surface area contributed by atoms with E-state index in [-0.39, 0.29) is 0 Å². The van der Waals surface area contributed by atoms with E-state index >= 15 is 0 Å². The number of amidine groups is 1. The molecule has 0 heterocycles. The van der Waals surface area contributed by atoms with Gasteiger partial charge in [0.15, 0.2) is 5.17 Å². The normalized spacial score (nSPS) is 12.6. The Bertz CT molecular complexity index is 110. The van der Waals surface area contributed by atoms with Crippen molar-refractivity contribution in [1.29, 1.82) is 0 Å². The highest BCUT2D eigenvalue weighted by atomic mass is 32.2. The summed E-state index contributed by atoms with van der Waals surface area (Å²) in [5.74, 6) is 1.61. The number of nitrogens with zero attached hydrogens (tertiary/aromatic N) is 1. The molecule has 0 amide bonds. The van der Waals surface area contributed by atoms with Crippen molar-refractivity contribution in [3.63, 3.8) is 0 Å². The van der Waals surface area contributed by atoms with Crippen molar-refractivity contribution >= 4 is 16.9 Å². The fourth-order valence-corrected chi connectivity index (χ4v) is 0.928. The smallest absolute Gasteiger partial charge is 0.153 e. The minimum absolute atomic E-state index is 0.607. The lowest BCUT2D eigenvalue weighted by Gasteiger charge is -1.99. The Morgan fingerprint density at radius 2 is 2.20 bits per heavy atom. The summed E-state index contributed by atoms with van der Waals surface area (Å²) < 4.78 is 0. The van der Waals surface area contributed by atoms with E-state index in [0.29, 0.717) is 5.92 Å². The molecule has 0 aromatic carbocycles. The second kappa shape index (κ2) is 5.59. The van der Waals surface area contributed by atoms with Gasteiger partial charge in [-0.05, 0) is 11.7 Å². The van der Waals surface area contributed by atoms with E-state index in [2.05, 4.69) is 25.8 Å². The fourth-order valence-electron chi connectivity index (χ4n) is 0.466. The van der Waals surface area contributed by atoms with Crippen molar-refractivity contribution in [1.82, 2.24) is 0 Å². The summed E-state index contributed by atoms with van der Waals surface area (Å²) in [5.41, 5.74) is 5.55. The van der Waals surface area contributed by atoms with Crippen LogP contribution in [0, 0.1) is 5.92 Å². The van der Waals surface area contributed by atoms with E-state index in [1.807, 2.05) is 0 Å². The molecule has 60 valence electrons. The fraction of sp³-hybridized carbons (Fsp3) is 0.857.